The smallest absolute Gasteiger partial charge is 0.312 e. The van der Waals surface area contributed by atoms with Crippen molar-refractivity contribution < 1.29 is 14.0 Å². The highest BCUT2D eigenvalue weighted by atomic mass is 31.2. The van der Waals surface area contributed by atoms with Gasteiger partial charge in [0.15, 0.2) is 0 Å². The van der Waals surface area contributed by atoms with Crippen LogP contribution in [0.5, 0.6) is 0 Å². The molecule has 3 N–H and O–H groups in total. The molecule has 0 aliphatic carbocycles. The van der Waals surface area contributed by atoms with Crippen LogP contribution in [-0.4, -0.2) is 11.5 Å². The molecule has 0 saturated heterocycles. The summed E-state index contributed by atoms with van der Waals surface area (Å²) < 4.78 is 16.0. The Hall–Kier alpha value is -0.870. The average Bonchev–Trinajstić information content (AvgIpc) is 2.25. The largest absolute Gasteiger partial charge is 0.420 e. The van der Waals surface area contributed by atoms with Crippen LogP contribution in [0.25, 0.3) is 0 Å². The molecule has 0 heterocycles. The molecule has 1 unspecified atom stereocenters. The number of hydrogen-bond donors (Lipinski definition) is 3. The minimum atomic E-state index is -3.74. The number of hydrazine groups is 1. The Morgan fingerprint density at radius 1 is 1.40 bits per heavy atom. The van der Waals surface area contributed by atoms with Crippen LogP contribution < -0.4 is 10.6 Å². The summed E-state index contributed by atoms with van der Waals surface area (Å²) in [4.78, 5) is 9.27. The van der Waals surface area contributed by atoms with E-state index in [-0.39, 0.29) is 6.61 Å². The lowest BCUT2D eigenvalue weighted by Gasteiger charge is -2.14. The van der Waals surface area contributed by atoms with E-state index in [1.54, 1.807) is 12.1 Å². The Morgan fingerprint density at radius 2 is 2.07 bits per heavy atom. The van der Waals surface area contributed by atoms with Gasteiger partial charge in [-0.05, 0) is 18.6 Å². The van der Waals surface area contributed by atoms with Crippen molar-refractivity contribution in [2.45, 2.75) is 13.3 Å². The summed E-state index contributed by atoms with van der Waals surface area (Å²) in [6.45, 7) is 2.11. The van der Waals surface area contributed by atoms with Crippen LogP contribution in [0, 0.1) is 0 Å². The predicted molar refractivity (Wildman–Crippen MR) is 59.3 cm³/mol. The number of nitrogens with one attached hydrogen (secondary N) is 2. The van der Waals surface area contributed by atoms with Crippen LogP contribution in [0.1, 0.15) is 13.3 Å². The lowest BCUT2D eigenvalue weighted by atomic mass is 10.3. The van der Waals surface area contributed by atoms with Crippen LogP contribution in [0.2, 0.25) is 0 Å². The van der Waals surface area contributed by atoms with Crippen molar-refractivity contribution in [1.82, 2.24) is 5.20 Å². The van der Waals surface area contributed by atoms with Crippen LogP contribution in [0.15, 0.2) is 30.3 Å². The molecule has 0 spiro atoms. The van der Waals surface area contributed by atoms with E-state index in [0.29, 0.717) is 12.1 Å². The minimum Gasteiger partial charge on any atom is -0.312 e. The molecule has 0 radical (unpaired) electrons. The molecule has 5 nitrogen and oxygen atoms in total. The maximum atomic E-state index is 11.3. The van der Waals surface area contributed by atoms with Gasteiger partial charge in [0.25, 0.3) is 0 Å². The highest BCUT2D eigenvalue weighted by Gasteiger charge is 2.17. The van der Waals surface area contributed by atoms with E-state index in [1.807, 2.05) is 25.1 Å². The molecule has 1 aromatic carbocycles. The molecule has 0 saturated carbocycles. The summed E-state index contributed by atoms with van der Waals surface area (Å²) in [5.41, 5.74) is 3.31. The van der Waals surface area contributed by atoms with Gasteiger partial charge in [-0.25, -0.2) is 4.57 Å². The Bertz CT molecular complexity index is 331. The van der Waals surface area contributed by atoms with Gasteiger partial charge in [0.1, 0.15) is 0 Å². The molecule has 0 aliphatic heterocycles. The zero-order valence-electron chi connectivity index (χ0n) is 8.51. The van der Waals surface area contributed by atoms with Gasteiger partial charge in [-0.1, -0.05) is 25.1 Å². The van der Waals surface area contributed by atoms with Gasteiger partial charge in [-0.15, -0.1) is 5.20 Å². The first-order valence-electron chi connectivity index (χ1n) is 4.70. The van der Waals surface area contributed by atoms with E-state index in [2.05, 4.69) is 10.6 Å². The first-order valence-corrected chi connectivity index (χ1v) is 6.27. The summed E-state index contributed by atoms with van der Waals surface area (Å²) in [7, 11) is -3.74. The fourth-order valence-corrected chi connectivity index (χ4v) is 1.67. The first kappa shape index (κ1) is 12.2. The maximum Gasteiger partial charge on any atom is 0.420 e. The van der Waals surface area contributed by atoms with E-state index in [1.165, 1.54) is 0 Å². The van der Waals surface area contributed by atoms with Gasteiger partial charge >= 0.3 is 7.75 Å². The molecule has 1 atom stereocenters. The molecule has 84 valence electrons. The number of anilines is 1. The third-order valence-corrected chi connectivity index (χ3v) is 2.51. The third kappa shape index (κ3) is 4.95. The lowest BCUT2D eigenvalue weighted by Crippen LogP contribution is -2.19. The summed E-state index contributed by atoms with van der Waals surface area (Å²) in [5.74, 6) is 0. The van der Waals surface area contributed by atoms with Crippen molar-refractivity contribution in [3.05, 3.63) is 30.3 Å². The van der Waals surface area contributed by atoms with Gasteiger partial charge in [0, 0.05) is 5.69 Å². The standard InChI is InChI=1S/C9H15N2O3P/c1-2-8-14-15(12,13)11-10-9-6-4-3-5-7-9/h3-7,10H,2,8H2,1H3,(H2,11,12,13). The van der Waals surface area contributed by atoms with E-state index in [0.717, 1.165) is 0 Å². The molecular weight excluding hydrogens is 215 g/mol. The monoisotopic (exact) mass is 230 g/mol. The van der Waals surface area contributed by atoms with Gasteiger partial charge in [0.2, 0.25) is 0 Å². The number of hydrogen-bond acceptors (Lipinski definition) is 3. The molecule has 1 aromatic rings. The van der Waals surface area contributed by atoms with Gasteiger partial charge in [-0.3, -0.25) is 4.52 Å². The third-order valence-electron chi connectivity index (χ3n) is 1.59. The van der Waals surface area contributed by atoms with Crippen molar-refractivity contribution >= 4 is 13.4 Å². The molecular formula is C9H15N2O3P. The van der Waals surface area contributed by atoms with Gasteiger partial charge in [0.05, 0.1) is 6.61 Å². The number of rotatable bonds is 6. The van der Waals surface area contributed by atoms with Crippen LogP contribution in [-0.2, 0) is 9.09 Å². The van der Waals surface area contributed by atoms with Crippen molar-refractivity contribution in [3.63, 3.8) is 0 Å². The van der Waals surface area contributed by atoms with Crippen LogP contribution >= 0.6 is 7.75 Å². The first-order chi connectivity index (χ1) is 7.14. The fourth-order valence-electron chi connectivity index (χ4n) is 0.904. The van der Waals surface area contributed by atoms with Crippen molar-refractivity contribution in [2.24, 2.45) is 0 Å². The molecule has 0 amide bonds. The van der Waals surface area contributed by atoms with E-state index < -0.39 is 7.75 Å². The Balaban J connectivity index is 2.39. The second-order valence-electron chi connectivity index (χ2n) is 2.96. The fraction of sp³-hybridized carbons (Fsp3) is 0.333. The molecule has 0 aromatic heterocycles. The highest BCUT2D eigenvalue weighted by molar-refractivity contribution is 7.50. The van der Waals surface area contributed by atoms with Gasteiger partial charge < -0.3 is 10.3 Å². The van der Waals surface area contributed by atoms with Crippen molar-refractivity contribution in [3.8, 4) is 0 Å². The predicted octanol–water partition coefficient (Wildman–Crippen LogP) is 2.13. The number of para-hydroxylation sites is 1. The van der Waals surface area contributed by atoms with E-state index in [9.17, 15) is 9.46 Å². The number of benzene rings is 1. The summed E-state index contributed by atoms with van der Waals surface area (Å²) in [6, 6.07) is 9.04. The molecule has 1 rings (SSSR count). The van der Waals surface area contributed by atoms with Gasteiger partial charge in [-0.2, -0.15) is 0 Å². The zero-order valence-corrected chi connectivity index (χ0v) is 9.41. The Kier molecular flexibility index (Phi) is 4.78. The van der Waals surface area contributed by atoms with E-state index >= 15 is 0 Å². The summed E-state index contributed by atoms with van der Waals surface area (Å²) in [5, 5.41) is 2.25. The molecule has 0 fully saturated rings. The average molecular weight is 230 g/mol. The van der Waals surface area contributed by atoms with Crippen molar-refractivity contribution in [2.75, 3.05) is 12.0 Å². The molecule has 0 aliphatic rings. The van der Waals surface area contributed by atoms with Crippen LogP contribution in [0.3, 0.4) is 0 Å². The molecule has 15 heavy (non-hydrogen) atoms. The van der Waals surface area contributed by atoms with Crippen molar-refractivity contribution in [1.29, 1.82) is 0 Å². The normalized spacial score (nSPS) is 14.5. The molecule has 6 heteroatoms. The lowest BCUT2D eigenvalue weighted by molar-refractivity contribution is 0.252. The maximum absolute atomic E-state index is 11.3. The summed E-state index contributed by atoms with van der Waals surface area (Å²) in [6.07, 6.45) is 0.692. The topological polar surface area (TPSA) is 70.6 Å². The highest BCUT2D eigenvalue weighted by Crippen LogP contribution is 2.36. The molecule has 0 bridgehead atoms. The Labute approximate surface area is 89.0 Å². The summed E-state index contributed by atoms with van der Waals surface area (Å²) >= 11 is 0. The Morgan fingerprint density at radius 3 is 2.67 bits per heavy atom. The minimum absolute atomic E-state index is 0.247. The zero-order chi connectivity index (χ0) is 11.1. The van der Waals surface area contributed by atoms with Crippen LogP contribution in [0.4, 0.5) is 5.69 Å². The SMILES string of the molecule is CCCOP(=O)(O)NNc1ccccc1. The quantitative estimate of drug-likeness (QED) is 0.516. The second-order valence-corrected chi connectivity index (χ2v) is 4.48. The second kappa shape index (κ2) is 5.88. The van der Waals surface area contributed by atoms with E-state index in [4.69, 9.17) is 4.52 Å².